The first kappa shape index (κ1) is 20.4. The monoisotopic (exact) mass is 389 g/mol. The van der Waals surface area contributed by atoms with Crippen LogP contribution in [0.15, 0.2) is 24.3 Å². The topological polar surface area (TPSA) is 130 Å². The Labute approximate surface area is 161 Å². The second-order valence-corrected chi connectivity index (χ2v) is 6.88. The number of anilines is 2. The van der Waals surface area contributed by atoms with Crippen molar-refractivity contribution in [3.63, 3.8) is 0 Å². The standard InChI is InChI=1S/C18H23N5O3S/c1-11-16(27-18(21-11)23-17(19)20)12-6-5-7-13(10-12)22-14(24)8-3-4-9-15(25)26-2/h5-7,10H,3-4,8-9H2,1-2H3,(H,22,24)(H4,19,20,21,23). The number of aryl methyl sites for hydroxylation is 1. The molecule has 5 N–H and O–H groups in total. The SMILES string of the molecule is COC(=O)CCCCC(=O)Nc1cccc(-c2sc(NC(=N)N)nc2C)c1. The largest absolute Gasteiger partial charge is 0.469 e. The van der Waals surface area contributed by atoms with Crippen LogP contribution in [0.25, 0.3) is 10.4 Å². The van der Waals surface area contributed by atoms with Gasteiger partial charge in [0.2, 0.25) is 5.91 Å². The number of hydrogen-bond donors (Lipinski definition) is 4. The van der Waals surface area contributed by atoms with Crippen LogP contribution in [0.5, 0.6) is 0 Å². The molecular weight excluding hydrogens is 366 g/mol. The molecule has 0 radical (unpaired) electrons. The summed E-state index contributed by atoms with van der Waals surface area (Å²) in [6, 6.07) is 7.49. The molecule has 8 nitrogen and oxygen atoms in total. The van der Waals surface area contributed by atoms with Gasteiger partial charge in [0.25, 0.3) is 0 Å². The van der Waals surface area contributed by atoms with E-state index in [9.17, 15) is 9.59 Å². The number of ether oxygens (including phenoxy) is 1. The van der Waals surface area contributed by atoms with Crippen molar-refractivity contribution in [3.05, 3.63) is 30.0 Å². The first-order valence-corrected chi connectivity index (χ1v) is 9.26. The molecule has 1 amide bonds. The van der Waals surface area contributed by atoms with E-state index >= 15 is 0 Å². The summed E-state index contributed by atoms with van der Waals surface area (Å²) in [6.07, 6.45) is 1.90. The molecule has 0 bridgehead atoms. The molecule has 0 aliphatic heterocycles. The highest BCUT2D eigenvalue weighted by Gasteiger charge is 2.11. The van der Waals surface area contributed by atoms with Crippen molar-refractivity contribution in [1.29, 1.82) is 5.41 Å². The summed E-state index contributed by atoms with van der Waals surface area (Å²) in [5.74, 6) is -0.526. The van der Waals surface area contributed by atoms with Gasteiger partial charge in [-0.05, 0) is 37.5 Å². The summed E-state index contributed by atoms with van der Waals surface area (Å²) >= 11 is 1.39. The minimum Gasteiger partial charge on any atom is -0.469 e. The molecule has 0 aliphatic rings. The summed E-state index contributed by atoms with van der Waals surface area (Å²) in [6.45, 7) is 1.88. The molecule has 1 aromatic heterocycles. The number of aromatic nitrogens is 1. The van der Waals surface area contributed by atoms with Gasteiger partial charge in [-0.2, -0.15) is 0 Å². The second-order valence-electron chi connectivity index (χ2n) is 5.88. The third-order valence-corrected chi connectivity index (χ3v) is 4.83. The maximum absolute atomic E-state index is 12.1. The highest BCUT2D eigenvalue weighted by Crippen LogP contribution is 2.33. The summed E-state index contributed by atoms with van der Waals surface area (Å²) in [7, 11) is 1.35. The molecule has 2 rings (SSSR count). The smallest absolute Gasteiger partial charge is 0.305 e. The first-order chi connectivity index (χ1) is 12.9. The van der Waals surface area contributed by atoms with E-state index in [-0.39, 0.29) is 17.8 Å². The molecule has 0 unspecified atom stereocenters. The van der Waals surface area contributed by atoms with Gasteiger partial charge < -0.3 is 21.1 Å². The van der Waals surface area contributed by atoms with Crippen LogP contribution in [0.3, 0.4) is 0 Å². The van der Waals surface area contributed by atoms with Crippen LogP contribution in [0, 0.1) is 12.3 Å². The van der Waals surface area contributed by atoms with Crippen molar-refractivity contribution >= 4 is 40.0 Å². The summed E-state index contributed by atoms with van der Waals surface area (Å²) < 4.78 is 4.57. The minimum absolute atomic E-state index is 0.100. The molecule has 0 fully saturated rings. The van der Waals surface area contributed by atoms with Gasteiger partial charge in [0, 0.05) is 18.5 Å². The zero-order chi connectivity index (χ0) is 19.8. The van der Waals surface area contributed by atoms with Crippen LogP contribution >= 0.6 is 11.3 Å². The van der Waals surface area contributed by atoms with Crippen molar-refractivity contribution in [2.24, 2.45) is 5.73 Å². The molecular formula is C18H23N5O3S. The highest BCUT2D eigenvalue weighted by molar-refractivity contribution is 7.19. The number of benzene rings is 1. The number of hydrogen-bond acceptors (Lipinski definition) is 6. The summed E-state index contributed by atoms with van der Waals surface area (Å²) in [4.78, 5) is 28.4. The maximum atomic E-state index is 12.1. The van der Waals surface area contributed by atoms with Crippen LogP contribution in [-0.2, 0) is 14.3 Å². The number of nitrogens with zero attached hydrogens (tertiary/aromatic N) is 1. The zero-order valence-electron chi connectivity index (χ0n) is 15.3. The number of carbonyl (C=O) groups excluding carboxylic acids is 2. The number of thiazole rings is 1. The Morgan fingerprint density at radius 2 is 2.00 bits per heavy atom. The molecule has 1 heterocycles. The molecule has 1 aromatic carbocycles. The fraction of sp³-hybridized carbons (Fsp3) is 0.333. The summed E-state index contributed by atoms with van der Waals surface area (Å²) in [5, 5.41) is 13.4. The Balaban J connectivity index is 1.97. The lowest BCUT2D eigenvalue weighted by Crippen LogP contribution is -2.20. The van der Waals surface area contributed by atoms with E-state index in [1.54, 1.807) is 0 Å². The van der Waals surface area contributed by atoms with Gasteiger partial charge in [0.15, 0.2) is 11.1 Å². The summed E-state index contributed by atoms with van der Waals surface area (Å²) in [5.41, 5.74) is 7.77. The van der Waals surface area contributed by atoms with E-state index < -0.39 is 0 Å². The number of rotatable bonds is 8. The quantitative estimate of drug-likeness (QED) is 0.237. The predicted octanol–water partition coefficient (Wildman–Crippen LogP) is 3.10. The molecule has 0 aliphatic carbocycles. The maximum Gasteiger partial charge on any atom is 0.305 e. The van der Waals surface area contributed by atoms with Crippen LogP contribution in [0.4, 0.5) is 10.8 Å². The van der Waals surface area contributed by atoms with E-state index in [1.165, 1.54) is 18.4 Å². The fourth-order valence-electron chi connectivity index (χ4n) is 2.45. The van der Waals surface area contributed by atoms with Crippen molar-refractivity contribution in [2.75, 3.05) is 17.7 Å². The van der Waals surface area contributed by atoms with Gasteiger partial charge >= 0.3 is 5.97 Å². The average molecular weight is 389 g/mol. The van der Waals surface area contributed by atoms with Gasteiger partial charge in [-0.1, -0.05) is 23.5 Å². The number of carbonyl (C=O) groups is 2. The normalized spacial score (nSPS) is 10.3. The lowest BCUT2D eigenvalue weighted by Gasteiger charge is -2.07. The van der Waals surface area contributed by atoms with Gasteiger partial charge in [-0.25, -0.2) is 4.98 Å². The van der Waals surface area contributed by atoms with Crippen LogP contribution in [-0.4, -0.2) is 29.9 Å². The number of unbranched alkanes of at least 4 members (excludes halogenated alkanes) is 1. The molecule has 2 aromatic rings. The van der Waals surface area contributed by atoms with Crippen LogP contribution < -0.4 is 16.4 Å². The van der Waals surface area contributed by atoms with Gasteiger partial charge in [-0.15, -0.1) is 0 Å². The van der Waals surface area contributed by atoms with E-state index in [0.717, 1.165) is 16.1 Å². The second kappa shape index (κ2) is 9.67. The average Bonchev–Trinajstić information content (AvgIpc) is 2.98. The number of guanidine groups is 1. The number of nitrogens with two attached hydrogens (primary N) is 1. The number of nitrogens with one attached hydrogen (secondary N) is 3. The highest BCUT2D eigenvalue weighted by atomic mass is 32.1. The Hall–Kier alpha value is -2.94. The molecule has 0 spiro atoms. The Kier molecular flexibility index (Phi) is 7.30. The lowest BCUT2D eigenvalue weighted by molar-refractivity contribution is -0.140. The fourth-order valence-corrected chi connectivity index (χ4v) is 3.43. The lowest BCUT2D eigenvalue weighted by atomic mass is 10.1. The van der Waals surface area contributed by atoms with Crippen molar-refractivity contribution in [3.8, 4) is 10.4 Å². The predicted molar refractivity (Wildman–Crippen MR) is 107 cm³/mol. The Morgan fingerprint density at radius 1 is 1.26 bits per heavy atom. The van der Waals surface area contributed by atoms with Crippen molar-refractivity contribution in [1.82, 2.24) is 4.98 Å². The van der Waals surface area contributed by atoms with Crippen LogP contribution in [0.1, 0.15) is 31.4 Å². The molecule has 0 saturated heterocycles. The van der Waals surface area contributed by atoms with Gasteiger partial charge in [0.05, 0.1) is 17.7 Å². The molecule has 27 heavy (non-hydrogen) atoms. The third-order valence-electron chi connectivity index (χ3n) is 3.71. The van der Waals surface area contributed by atoms with Crippen molar-refractivity contribution in [2.45, 2.75) is 32.6 Å². The number of amides is 1. The molecule has 0 saturated carbocycles. The van der Waals surface area contributed by atoms with Gasteiger partial charge in [-0.3, -0.25) is 15.0 Å². The van der Waals surface area contributed by atoms with Crippen LogP contribution in [0.2, 0.25) is 0 Å². The molecule has 144 valence electrons. The van der Waals surface area contributed by atoms with E-state index in [1.807, 2.05) is 31.2 Å². The Morgan fingerprint density at radius 3 is 2.70 bits per heavy atom. The first-order valence-electron chi connectivity index (χ1n) is 8.44. The Bertz CT molecular complexity index is 834. The van der Waals surface area contributed by atoms with E-state index in [2.05, 4.69) is 20.4 Å². The van der Waals surface area contributed by atoms with Crippen molar-refractivity contribution < 1.29 is 14.3 Å². The van der Waals surface area contributed by atoms with Gasteiger partial charge in [0.1, 0.15) is 0 Å². The molecule has 0 atom stereocenters. The number of methoxy groups -OCH3 is 1. The van der Waals surface area contributed by atoms with E-state index in [0.29, 0.717) is 36.5 Å². The zero-order valence-corrected chi connectivity index (χ0v) is 16.1. The number of esters is 1. The minimum atomic E-state index is -0.262. The van der Waals surface area contributed by atoms with E-state index in [4.69, 9.17) is 11.1 Å². The third kappa shape index (κ3) is 6.37. The molecule has 9 heteroatoms.